The molecule has 100 valence electrons. The molecule has 0 aromatic rings. The Labute approximate surface area is 107 Å². The third-order valence-electron chi connectivity index (χ3n) is 4.90. The van der Waals surface area contributed by atoms with E-state index in [4.69, 9.17) is 4.74 Å². The molecule has 2 nitrogen and oxygen atoms in total. The molecular formula is C15H29NO. The number of rotatable bonds is 4. The van der Waals surface area contributed by atoms with Gasteiger partial charge in [-0.05, 0) is 57.3 Å². The molecule has 0 aromatic heterocycles. The van der Waals surface area contributed by atoms with Crippen LogP contribution in [-0.4, -0.2) is 25.3 Å². The average Bonchev–Trinajstić information content (AvgIpc) is 2.40. The second kappa shape index (κ2) is 6.75. The molecule has 2 fully saturated rings. The summed E-state index contributed by atoms with van der Waals surface area (Å²) in [5, 5.41) is 3.89. The van der Waals surface area contributed by atoms with Crippen LogP contribution in [0.1, 0.15) is 64.7 Å². The van der Waals surface area contributed by atoms with E-state index in [0.717, 1.165) is 18.0 Å². The van der Waals surface area contributed by atoms with Gasteiger partial charge in [-0.1, -0.05) is 13.3 Å². The van der Waals surface area contributed by atoms with Crippen molar-refractivity contribution in [3.63, 3.8) is 0 Å². The lowest BCUT2D eigenvalue weighted by Crippen LogP contribution is -2.43. The summed E-state index contributed by atoms with van der Waals surface area (Å²) in [6, 6.07) is 1.58. The zero-order valence-electron chi connectivity index (χ0n) is 11.6. The molecule has 0 bridgehead atoms. The van der Waals surface area contributed by atoms with Gasteiger partial charge in [0.2, 0.25) is 0 Å². The first-order chi connectivity index (χ1) is 8.31. The standard InChI is InChI=1S/C15H29NO/c1-3-12-4-6-13(7-5-12)16-14-8-10-15(17-2)11-9-14/h12-16H,3-11H2,1-2H3. The molecule has 2 heteroatoms. The molecule has 2 saturated carbocycles. The van der Waals surface area contributed by atoms with Crippen LogP contribution in [0.15, 0.2) is 0 Å². The van der Waals surface area contributed by atoms with E-state index in [9.17, 15) is 0 Å². The molecular weight excluding hydrogens is 210 g/mol. The Morgan fingerprint density at radius 3 is 1.88 bits per heavy atom. The molecule has 0 atom stereocenters. The Kier molecular flexibility index (Phi) is 5.30. The highest BCUT2D eigenvalue weighted by Gasteiger charge is 2.25. The van der Waals surface area contributed by atoms with E-state index in [1.54, 1.807) is 0 Å². The van der Waals surface area contributed by atoms with Crippen LogP contribution in [0.25, 0.3) is 0 Å². The van der Waals surface area contributed by atoms with Crippen LogP contribution in [-0.2, 0) is 4.74 Å². The van der Waals surface area contributed by atoms with E-state index >= 15 is 0 Å². The van der Waals surface area contributed by atoms with E-state index in [1.807, 2.05) is 7.11 Å². The highest BCUT2D eigenvalue weighted by molar-refractivity contribution is 4.83. The van der Waals surface area contributed by atoms with E-state index in [2.05, 4.69) is 12.2 Å². The van der Waals surface area contributed by atoms with E-state index < -0.39 is 0 Å². The molecule has 0 aromatic carbocycles. The largest absolute Gasteiger partial charge is 0.381 e. The lowest BCUT2D eigenvalue weighted by Gasteiger charge is -2.35. The second-order valence-electron chi connectivity index (χ2n) is 6.00. The molecule has 0 aliphatic heterocycles. The SMILES string of the molecule is CCC1CCC(NC2CCC(OC)CC2)CC1. The topological polar surface area (TPSA) is 21.3 Å². The fourth-order valence-electron chi connectivity index (χ4n) is 3.54. The average molecular weight is 239 g/mol. The number of hydrogen-bond acceptors (Lipinski definition) is 2. The predicted octanol–water partition coefficient (Wildman–Crippen LogP) is 3.50. The van der Waals surface area contributed by atoms with Gasteiger partial charge in [-0.25, -0.2) is 0 Å². The fourth-order valence-corrected chi connectivity index (χ4v) is 3.54. The summed E-state index contributed by atoms with van der Waals surface area (Å²) in [6.07, 6.45) is 12.7. The van der Waals surface area contributed by atoms with Gasteiger partial charge in [0.25, 0.3) is 0 Å². The maximum absolute atomic E-state index is 5.43. The normalized spacial score (nSPS) is 39.2. The molecule has 2 aliphatic rings. The lowest BCUT2D eigenvalue weighted by molar-refractivity contribution is 0.0599. The van der Waals surface area contributed by atoms with Crippen molar-refractivity contribution in [2.75, 3.05) is 7.11 Å². The molecule has 2 aliphatic carbocycles. The van der Waals surface area contributed by atoms with Crippen molar-refractivity contribution in [3.05, 3.63) is 0 Å². The van der Waals surface area contributed by atoms with Crippen LogP contribution in [0.5, 0.6) is 0 Å². The highest BCUT2D eigenvalue weighted by atomic mass is 16.5. The maximum Gasteiger partial charge on any atom is 0.0572 e. The maximum atomic E-state index is 5.43. The third-order valence-corrected chi connectivity index (χ3v) is 4.90. The lowest BCUT2D eigenvalue weighted by atomic mass is 9.83. The van der Waals surface area contributed by atoms with Crippen molar-refractivity contribution in [2.24, 2.45) is 5.92 Å². The molecule has 0 amide bonds. The smallest absolute Gasteiger partial charge is 0.0572 e. The Bertz CT molecular complexity index is 181. The van der Waals surface area contributed by atoms with E-state index in [1.165, 1.54) is 57.8 Å². The highest BCUT2D eigenvalue weighted by Crippen LogP contribution is 2.28. The summed E-state index contributed by atoms with van der Waals surface area (Å²) >= 11 is 0. The molecule has 2 rings (SSSR count). The Morgan fingerprint density at radius 1 is 0.882 bits per heavy atom. The Morgan fingerprint density at radius 2 is 1.41 bits per heavy atom. The van der Waals surface area contributed by atoms with Gasteiger partial charge in [0.1, 0.15) is 0 Å². The molecule has 17 heavy (non-hydrogen) atoms. The zero-order chi connectivity index (χ0) is 12.1. The Hall–Kier alpha value is -0.0800. The fraction of sp³-hybridized carbons (Fsp3) is 1.00. The minimum atomic E-state index is 0.531. The van der Waals surface area contributed by atoms with Gasteiger partial charge in [-0.2, -0.15) is 0 Å². The van der Waals surface area contributed by atoms with Crippen LogP contribution >= 0.6 is 0 Å². The summed E-state index contributed by atoms with van der Waals surface area (Å²) in [5.74, 6) is 1.01. The first-order valence-corrected chi connectivity index (χ1v) is 7.60. The van der Waals surface area contributed by atoms with Crippen LogP contribution in [0.4, 0.5) is 0 Å². The minimum absolute atomic E-state index is 0.531. The van der Waals surface area contributed by atoms with E-state index in [0.29, 0.717) is 6.10 Å². The van der Waals surface area contributed by atoms with Gasteiger partial charge in [0.15, 0.2) is 0 Å². The number of nitrogens with one attached hydrogen (secondary N) is 1. The van der Waals surface area contributed by atoms with Gasteiger partial charge in [0.05, 0.1) is 6.10 Å². The summed E-state index contributed by atoms with van der Waals surface area (Å²) in [4.78, 5) is 0. The summed E-state index contributed by atoms with van der Waals surface area (Å²) in [5.41, 5.74) is 0. The molecule has 0 saturated heterocycles. The number of methoxy groups -OCH3 is 1. The van der Waals surface area contributed by atoms with Crippen LogP contribution in [0.3, 0.4) is 0 Å². The predicted molar refractivity (Wildman–Crippen MR) is 72.2 cm³/mol. The first-order valence-electron chi connectivity index (χ1n) is 7.60. The molecule has 0 unspecified atom stereocenters. The molecule has 0 spiro atoms. The van der Waals surface area contributed by atoms with Crippen molar-refractivity contribution in [1.29, 1.82) is 0 Å². The molecule has 0 heterocycles. The summed E-state index contributed by atoms with van der Waals surface area (Å²) in [6.45, 7) is 2.34. The van der Waals surface area contributed by atoms with Crippen molar-refractivity contribution >= 4 is 0 Å². The van der Waals surface area contributed by atoms with Crippen LogP contribution < -0.4 is 5.32 Å². The third kappa shape index (κ3) is 3.96. The monoisotopic (exact) mass is 239 g/mol. The van der Waals surface area contributed by atoms with Crippen molar-refractivity contribution in [3.8, 4) is 0 Å². The van der Waals surface area contributed by atoms with E-state index in [-0.39, 0.29) is 0 Å². The van der Waals surface area contributed by atoms with Crippen molar-refractivity contribution in [2.45, 2.75) is 82.9 Å². The van der Waals surface area contributed by atoms with Gasteiger partial charge in [-0.15, -0.1) is 0 Å². The van der Waals surface area contributed by atoms with Crippen LogP contribution in [0.2, 0.25) is 0 Å². The minimum Gasteiger partial charge on any atom is -0.381 e. The van der Waals surface area contributed by atoms with Crippen LogP contribution in [0, 0.1) is 5.92 Å². The Balaban J connectivity index is 1.65. The second-order valence-corrected chi connectivity index (χ2v) is 6.00. The molecule has 1 N–H and O–H groups in total. The zero-order valence-corrected chi connectivity index (χ0v) is 11.6. The van der Waals surface area contributed by atoms with Crippen molar-refractivity contribution in [1.82, 2.24) is 5.32 Å². The van der Waals surface area contributed by atoms with Gasteiger partial charge >= 0.3 is 0 Å². The summed E-state index contributed by atoms with van der Waals surface area (Å²) in [7, 11) is 1.85. The van der Waals surface area contributed by atoms with Gasteiger partial charge in [-0.3, -0.25) is 0 Å². The first kappa shape index (κ1) is 13.4. The van der Waals surface area contributed by atoms with Gasteiger partial charge < -0.3 is 10.1 Å². The number of ether oxygens (including phenoxy) is 1. The quantitative estimate of drug-likeness (QED) is 0.810. The van der Waals surface area contributed by atoms with Crippen molar-refractivity contribution < 1.29 is 4.74 Å². The number of hydrogen-bond donors (Lipinski definition) is 1. The summed E-state index contributed by atoms with van der Waals surface area (Å²) < 4.78 is 5.43. The van der Waals surface area contributed by atoms with Gasteiger partial charge in [0, 0.05) is 19.2 Å². The molecule has 0 radical (unpaired) electrons.